The predicted octanol–water partition coefficient (Wildman–Crippen LogP) is 4.43. The first-order chi connectivity index (χ1) is 18.0. The Morgan fingerprint density at radius 2 is 1.84 bits per heavy atom. The molecule has 0 fully saturated rings. The summed E-state index contributed by atoms with van der Waals surface area (Å²) in [5, 5.41) is 15.3. The van der Waals surface area contributed by atoms with Crippen molar-refractivity contribution >= 4 is 16.7 Å². The van der Waals surface area contributed by atoms with E-state index in [1.54, 1.807) is 13.0 Å². The molecule has 2 heterocycles. The Labute approximate surface area is 216 Å². The number of hydrogen-bond acceptors (Lipinski definition) is 6. The molecule has 8 nitrogen and oxygen atoms in total. The van der Waals surface area contributed by atoms with Crippen molar-refractivity contribution in [3.8, 4) is 11.8 Å². The number of benzene rings is 2. The molecule has 0 aliphatic rings. The number of nitrogens with zero attached hydrogens (tertiary/aromatic N) is 3. The van der Waals surface area contributed by atoms with Crippen molar-refractivity contribution in [2.24, 2.45) is 0 Å². The van der Waals surface area contributed by atoms with Crippen molar-refractivity contribution in [1.29, 1.82) is 5.26 Å². The van der Waals surface area contributed by atoms with E-state index < -0.39 is 39.6 Å². The van der Waals surface area contributed by atoms with E-state index in [4.69, 9.17) is 9.78 Å². The van der Waals surface area contributed by atoms with E-state index in [0.29, 0.717) is 17.0 Å². The van der Waals surface area contributed by atoms with Gasteiger partial charge in [-0.25, -0.2) is 4.21 Å². The van der Waals surface area contributed by atoms with E-state index in [2.05, 4.69) is 10.5 Å². The number of halogens is 3. The van der Waals surface area contributed by atoms with E-state index >= 15 is 0 Å². The van der Waals surface area contributed by atoms with Gasteiger partial charge in [-0.3, -0.25) is 14.2 Å². The van der Waals surface area contributed by atoms with Crippen LogP contribution in [0.15, 0.2) is 79.8 Å². The molecular weight excluding hydrogens is 521 g/mol. The third-order valence-electron chi connectivity index (χ3n) is 5.57. The zero-order chi connectivity index (χ0) is 27.6. The number of amides is 1. The average molecular weight is 541 g/mol. The van der Waals surface area contributed by atoms with Gasteiger partial charge in [-0.2, -0.15) is 18.4 Å². The number of aryl methyl sites for hydroxylation is 1. The van der Waals surface area contributed by atoms with Crippen LogP contribution in [0.1, 0.15) is 38.6 Å². The lowest BCUT2D eigenvalue weighted by Crippen LogP contribution is -2.34. The van der Waals surface area contributed by atoms with Gasteiger partial charge in [0.25, 0.3) is 11.5 Å². The molecule has 2 aromatic heterocycles. The van der Waals surface area contributed by atoms with Gasteiger partial charge < -0.3 is 9.84 Å². The SMILES string of the molecule is Cc1cc(CNC(=O)c2cc(S(=O)c3ccc(C#N)cc3)c(C)n(-c3cccc(C(F)(F)F)c3)c2=O)on1. The molecule has 1 N–H and O–H groups in total. The highest BCUT2D eigenvalue weighted by molar-refractivity contribution is 7.85. The molecule has 1 amide bonds. The second-order valence-corrected chi connectivity index (χ2v) is 9.67. The van der Waals surface area contributed by atoms with E-state index in [1.165, 1.54) is 37.3 Å². The first-order valence-electron chi connectivity index (χ1n) is 11.1. The lowest BCUT2D eigenvalue weighted by molar-refractivity contribution is -0.137. The molecule has 0 aliphatic heterocycles. The summed E-state index contributed by atoms with van der Waals surface area (Å²) in [7, 11) is -1.95. The fourth-order valence-corrected chi connectivity index (χ4v) is 4.93. The number of nitrogens with one attached hydrogen (secondary N) is 1. The molecule has 2 aromatic carbocycles. The highest BCUT2D eigenvalue weighted by Gasteiger charge is 2.31. The van der Waals surface area contributed by atoms with Crippen molar-refractivity contribution < 1.29 is 26.7 Å². The van der Waals surface area contributed by atoms with Crippen molar-refractivity contribution in [3.63, 3.8) is 0 Å². The van der Waals surface area contributed by atoms with Gasteiger partial charge in [0, 0.05) is 22.3 Å². The maximum absolute atomic E-state index is 13.5. The standard InChI is InChI=1S/C26H19F3N4O4S/c1-15-10-20(37-32-15)14-31-24(34)22-12-23(38(36)21-8-6-17(13-30)7-9-21)16(2)33(25(22)35)19-5-3-4-18(11-19)26(27,28)29/h3-12H,14H2,1-2H3,(H,31,34). The quantitative estimate of drug-likeness (QED) is 0.387. The van der Waals surface area contributed by atoms with Crippen molar-refractivity contribution in [2.75, 3.05) is 0 Å². The third-order valence-corrected chi connectivity index (χ3v) is 7.09. The molecule has 0 bridgehead atoms. The minimum Gasteiger partial charge on any atom is -0.359 e. The second-order valence-electron chi connectivity index (χ2n) is 8.22. The van der Waals surface area contributed by atoms with Gasteiger partial charge in [0.05, 0.1) is 45.1 Å². The third kappa shape index (κ3) is 5.42. The first kappa shape index (κ1) is 26.6. The number of hydrogen-bond donors (Lipinski definition) is 1. The van der Waals surface area contributed by atoms with Crippen LogP contribution < -0.4 is 10.9 Å². The Hall–Kier alpha value is -4.50. The molecule has 12 heteroatoms. The number of alkyl halides is 3. The number of nitriles is 1. The maximum Gasteiger partial charge on any atom is 0.416 e. The summed E-state index contributed by atoms with van der Waals surface area (Å²) >= 11 is 0. The van der Waals surface area contributed by atoms with Gasteiger partial charge >= 0.3 is 6.18 Å². The van der Waals surface area contributed by atoms with Crippen LogP contribution in [-0.2, 0) is 23.5 Å². The van der Waals surface area contributed by atoms with E-state index in [9.17, 15) is 27.0 Å². The summed E-state index contributed by atoms with van der Waals surface area (Å²) in [6.07, 6.45) is -4.67. The number of aromatic nitrogens is 2. The fraction of sp³-hybridized carbons (Fsp3) is 0.154. The highest BCUT2D eigenvalue weighted by atomic mass is 32.2. The Morgan fingerprint density at radius 1 is 1.13 bits per heavy atom. The summed E-state index contributed by atoms with van der Waals surface area (Å²) in [4.78, 5) is 26.8. The predicted molar refractivity (Wildman–Crippen MR) is 130 cm³/mol. The fourth-order valence-electron chi connectivity index (χ4n) is 3.71. The summed E-state index contributed by atoms with van der Waals surface area (Å²) in [6, 6.07) is 14.6. The molecule has 4 rings (SSSR count). The summed E-state index contributed by atoms with van der Waals surface area (Å²) in [5.41, 5.74) is -1.47. The zero-order valence-electron chi connectivity index (χ0n) is 20.0. The van der Waals surface area contributed by atoms with Crippen LogP contribution in [0.4, 0.5) is 13.2 Å². The van der Waals surface area contributed by atoms with Crippen LogP contribution >= 0.6 is 0 Å². The van der Waals surface area contributed by atoms with Gasteiger partial charge in [-0.05, 0) is 62.4 Å². The van der Waals surface area contributed by atoms with Crippen LogP contribution in [0.25, 0.3) is 5.69 Å². The van der Waals surface area contributed by atoms with Crippen molar-refractivity contribution in [2.45, 2.75) is 36.4 Å². The smallest absolute Gasteiger partial charge is 0.359 e. The van der Waals surface area contributed by atoms with Gasteiger partial charge in [-0.1, -0.05) is 11.2 Å². The highest BCUT2D eigenvalue weighted by Crippen LogP contribution is 2.31. The van der Waals surface area contributed by atoms with Gasteiger partial charge in [0.15, 0.2) is 5.76 Å². The molecule has 1 unspecified atom stereocenters. The van der Waals surface area contributed by atoms with E-state index in [-0.39, 0.29) is 27.7 Å². The molecule has 4 aromatic rings. The molecule has 194 valence electrons. The van der Waals surface area contributed by atoms with Crippen LogP contribution in [-0.4, -0.2) is 19.8 Å². The van der Waals surface area contributed by atoms with Crippen LogP contribution in [0, 0.1) is 25.2 Å². The number of rotatable bonds is 6. The minimum absolute atomic E-state index is 0.0346. The molecule has 0 saturated heterocycles. The average Bonchev–Trinajstić information content (AvgIpc) is 3.32. The molecular formula is C26H19F3N4O4S. The second kappa shape index (κ2) is 10.5. The van der Waals surface area contributed by atoms with Crippen LogP contribution in [0.5, 0.6) is 0 Å². The molecule has 0 saturated carbocycles. The molecule has 0 radical (unpaired) electrons. The number of pyridine rings is 1. The Morgan fingerprint density at radius 3 is 2.45 bits per heavy atom. The normalized spacial score (nSPS) is 12.1. The van der Waals surface area contributed by atoms with Crippen LogP contribution in [0.2, 0.25) is 0 Å². The topological polar surface area (TPSA) is 118 Å². The number of carbonyl (C=O) groups is 1. The molecule has 38 heavy (non-hydrogen) atoms. The molecule has 0 aliphatic carbocycles. The van der Waals surface area contributed by atoms with Gasteiger partial charge in [0.2, 0.25) is 0 Å². The van der Waals surface area contributed by atoms with Crippen molar-refractivity contribution in [3.05, 3.63) is 105 Å². The zero-order valence-corrected chi connectivity index (χ0v) is 20.8. The number of carbonyl (C=O) groups excluding carboxylic acids is 1. The lowest BCUT2D eigenvalue weighted by Gasteiger charge is -2.17. The van der Waals surface area contributed by atoms with Gasteiger partial charge in [-0.15, -0.1) is 0 Å². The van der Waals surface area contributed by atoms with Gasteiger partial charge in [0.1, 0.15) is 5.56 Å². The Bertz CT molecular complexity index is 1650. The summed E-state index contributed by atoms with van der Waals surface area (Å²) < 4.78 is 59.7. The van der Waals surface area contributed by atoms with E-state index in [0.717, 1.165) is 28.8 Å². The van der Waals surface area contributed by atoms with Crippen molar-refractivity contribution in [1.82, 2.24) is 15.0 Å². The molecule has 1 atom stereocenters. The summed E-state index contributed by atoms with van der Waals surface area (Å²) in [5.74, 6) is -0.523. The monoisotopic (exact) mass is 540 g/mol. The molecule has 0 spiro atoms. The van der Waals surface area contributed by atoms with Crippen LogP contribution in [0.3, 0.4) is 0 Å². The first-order valence-corrected chi connectivity index (χ1v) is 12.2. The largest absolute Gasteiger partial charge is 0.416 e. The minimum atomic E-state index is -4.67. The van der Waals surface area contributed by atoms with E-state index in [1.807, 2.05) is 6.07 Å². The Kier molecular flexibility index (Phi) is 7.32. The Balaban J connectivity index is 1.86. The summed E-state index contributed by atoms with van der Waals surface area (Å²) in [6.45, 7) is 3.01. The lowest BCUT2D eigenvalue weighted by atomic mass is 10.1. The maximum atomic E-state index is 13.5.